The molecule has 0 N–H and O–H groups in total. The van der Waals surface area contributed by atoms with E-state index in [1.54, 1.807) is 0 Å². The second-order valence-electron chi connectivity index (χ2n) is 18.8. The molecule has 0 aromatic carbocycles. The zero-order chi connectivity index (χ0) is 50.6. The summed E-state index contributed by atoms with van der Waals surface area (Å²) in [5.41, 5.74) is 0. The Bertz CT molecular complexity index is 1420. The van der Waals surface area contributed by atoms with Gasteiger partial charge >= 0.3 is 11.9 Å². The van der Waals surface area contributed by atoms with Gasteiger partial charge in [-0.3, -0.25) is 9.59 Å². The summed E-state index contributed by atoms with van der Waals surface area (Å²) in [6.45, 7) is 7.52. The number of hydrogen-bond donors (Lipinski definition) is 0. The number of carbonyl (C=O) groups excluding carboxylic acids is 2. The lowest BCUT2D eigenvalue weighted by atomic mass is 10.1. The zero-order valence-electron chi connectivity index (χ0n) is 45.7. The van der Waals surface area contributed by atoms with Crippen LogP contribution in [0.2, 0.25) is 0 Å². The Morgan fingerprint density at radius 3 is 1.03 bits per heavy atom. The van der Waals surface area contributed by atoms with E-state index in [0.717, 1.165) is 135 Å². The molecule has 0 rings (SSSR count). The molecule has 1 atom stereocenters. The highest BCUT2D eigenvalue weighted by Gasteiger charge is 2.17. The molecule has 0 aliphatic rings. The van der Waals surface area contributed by atoms with E-state index in [-0.39, 0.29) is 25.2 Å². The highest BCUT2D eigenvalue weighted by Crippen LogP contribution is 2.14. The summed E-state index contributed by atoms with van der Waals surface area (Å²) in [5, 5.41) is 0. The lowest BCUT2D eigenvalue weighted by molar-refractivity contribution is -0.163. The molecular weight excluding hydrogens is 861 g/mol. The van der Waals surface area contributed by atoms with Gasteiger partial charge in [0.1, 0.15) is 6.61 Å². The Balaban J connectivity index is 4.38. The first kappa shape index (κ1) is 66.3. The molecule has 70 heavy (non-hydrogen) atoms. The quantitative estimate of drug-likeness (QED) is 0.0345. The third-order valence-corrected chi connectivity index (χ3v) is 12.0. The zero-order valence-corrected chi connectivity index (χ0v) is 45.7. The van der Waals surface area contributed by atoms with E-state index in [9.17, 15) is 9.59 Å². The van der Waals surface area contributed by atoms with Gasteiger partial charge in [-0.1, -0.05) is 232 Å². The highest BCUT2D eigenvalue weighted by atomic mass is 16.6. The molecule has 0 aliphatic carbocycles. The molecule has 1 unspecified atom stereocenters. The fourth-order valence-corrected chi connectivity index (χ4v) is 7.70. The summed E-state index contributed by atoms with van der Waals surface area (Å²) in [4.78, 5) is 25.5. The molecule has 0 fully saturated rings. The maximum atomic E-state index is 12.9. The third-order valence-electron chi connectivity index (χ3n) is 12.0. The van der Waals surface area contributed by atoms with Gasteiger partial charge in [0, 0.05) is 19.4 Å². The Kier molecular flexibility index (Phi) is 56.5. The lowest BCUT2D eigenvalue weighted by Crippen LogP contribution is -2.30. The second-order valence-corrected chi connectivity index (χ2v) is 18.8. The van der Waals surface area contributed by atoms with Crippen molar-refractivity contribution < 1.29 is 23.8 Å². The average Bonchev–Trinajstić information content (AvgIpc) is 3.36. The normalized spacial score (nSPS) is 13.1. The number of allylic oxidation sites excluding steroid dienone is 20. The summed E-state index contributed by atoms with van der Waals surface area (Å²) >= 11 is 0. The number of esters is 2. The van der Waals surface area contributed by atoms with Crippen LogP contribution in [0.5, 0.6) is 0 Å². The Labute approximate surface area is 433 Å². The SMILES string of the molecule is CC/C=C\C/C=C\C/C=C\C/C=C\CCCCCCC(=O)OCC(COCCCCCCCCCCCC/C=C\C/C=C\CCCCC)OC(=O)CCCCCC/C=C\C/C=C\C/C=C\C/C=C\CC. The molecule has 0 aromatic heterocycles. The van der Waals surface area contributed by atoms with E-state index in [0.29, 0.717) is 19.4 Å². The fourth-order valence-electron chi connectivity index (χ4n) is 7.70. The number of rotatable bonds is 52. The van der Waals surface area contributed by atoms with Crippen LogP contribution in [-0.4, -0.2) is 37.9 Å². The van der Waals surface area contributed by atoms with Crippen molar-refractivity contribution in [1.29, 1.82) is 0 Å². The first-order chi connectivity index (χ1) is 34.6. The van der Waals surface area contributed by atoms with E-state index in [1.807, 2.05) is 0 Å². The van der Waals surface area contributed by atoms with Gasteiger partial charge in [-0.05, 0) is 128 Å². The van der Waals surface area contributed by atoms with E-state index < -0.39 is 6.10 Å². The van der Waals surface area contributed by atoms with Gasteiger partial charge in [0.25, 0.3) is 0 Å². The van der Waals surface area contributed by atoms with Gasteiger partial charge in [0.15, 0.2) is 6.10 Å². The van der Waals surface area contributed by atoms with Crippen LogP contribution in [0.3, 0.4) is 0 Å². The molecule has 0 bridgehead atoms. The molecule has 0 aliphatic heterocycles. The van der Waals surface area contributed by atoms with Crippen LogP contribution in [0.4, 0.5) is 0 Å². The van der Waals surface area contributed by atoms with Crippen molar-refractivity contribution in [3.8, 4) is 0 Å². The molecule has 0 saturated carbocycles. The molecule has 0 spiro atoms. The van der Waals surface area contributed by atoms with E-state index in [1.165, 1.54) is 83.5 Å². The summed E-state index contributed by atoms with van der Waals surface area (Å²) < 4.78 is 17.5. The summed E-state index contributed by atoms with van der Waals surface area (Å²) in [6.07, 6.45) is 83.6. The van der Waals surface area contributed by atoms with Crippen molar-refractivity contribution in [2.24, 2.45) is 0 Å². The highest BCUT2D eigenvalue weighted by molar-refractivity contribution is 5.70. The second kappa shape index (κ2) is 59.6. The summed E-state index contributed by atoms with van der Waals surface area (Å²) in [5.74, 6) is -0.456. The molecule has 0 radical (unpaired) electrons. The topological polar surface area (TPSA) is 61.8 Å². The monoisotopic (exact) mass is 969 g/mol. The predicted octanol–water partition coefficient (Wildman–Crippen LogP) is 20.1. The molecule has 0 aromatic rings. The maximum Gasteiger partial charge on any atom is 0.306 e. The van der Waals surface area contributed by atoms with Crippen LogP contribution < -0.4 is 0 Å². The number of unbranched alkanes of at least 4 members (excludes halogenated alkanes) is 21. The van der Waals surface area contributed by atoms with Crippen LogP contribution in [0.1, 0.15) is 252 Å². The van der Waals surface area contributed by atoms with Crippen molar-refractivity contribution in [1.82, 2.24) is 0 Å². The Morgan fingerprint density at radius 1 is 0.329 bits per heavy atom. The van der Waals surface area contributed by atoms with Gasteiger partial charge in [0.2, 0.25) is 0 Å². The number of carbonyl (C=O) groups is 2. The summed E-state index contributed by atoms with van der Waals surface area (Å²) in [7, 11) is 0. The Hall–Kier alpha value is -3.70. The van der Waals surface area contributed by atoms with Crippen LogP contribution in [0.25, 0.3) is 0 Å². The van der Waals surface area contributed by atoms with E-state index in [2.05, 4.69) is 142 Å². The van der Waals surface area contributed by atoms with Crippen molar-refractivity contribution in [3.63, 3.8) is 0 Å². The van der Waals surface area contributed by atoms with E-state index >= 15 is 0 Å². The number of ether oxygens (including phenoxy) is 3. The van der Waals surface area contributed by atoms with Gasteiger partial charge in [-0.25, -0.2) is 0 Å². The van der Waals surface area contributed by atoms with Crippen LogP contribution in [0, 0.1) is 0 Å². The first-order valence-corrected chi connectivity index (χ1v) is 29.1. The predicted molar refractivity (Wildman–Crippen MR) is 306 cm³/mol. The minimum absolute atomic E-state index is 0.0544. The Morgan fingerprint density at radius 2 is 0.643 bits per heavy atom. The third kappa shape index (κ3) is 56.9. The van der Waals surface area contributed by atoms with Crippen LogP contribution >= 0.6 is 0 Å². The van der Waals surface area contributed by atoms with Crippen molar-refractivity contribution >= 4 is 11.9 Å². The van der Waals surface area contributed by atoms with Gasteiger partial charge in [0.05, 0.1) is 6.61 Å². The largest absolute Gasteiger partial charge is 0.462 e. The van der Waals surface area contributed by atoms with Gasteiger partial charge in [-0.2, -0.15) is 0 Å². The maximum absolute atomic E-state index is 12.9. The van der Waals surface area contributed by atoms with Crippen molar-refractivity contribution in [2.45, 2.75) is 258 Å². The molecule has 5 heteroatoms. The van der Waals surface area contributed by atoms with E-state index in [4.69, 9.17) is 14.2 Å². The minimum atomic E-state index is -0.570. The molecular formula is C65H108O5. The van der Waals surface area contributed by atoms with Crippen LogP contribution in [-0.2, 0) is 23.8 Å². The standard InChI is InChI=1S/C65H108O5/c1-4-7-10-13-16-19-22-25-28-31-32-33-36-39-42-45-48-51-54-57-60-68-61-63(70-65(67)59-56-53-50-47-44-41-38-35-30-27-24-21-18-15-12-9-6-3)62-69-64(66)58-55-52-49-46-43-40-37-34-29-26-23-20-17-14-11-8-5-2/h8-9,11-12,16-21,25-30,37-38,40-41,63H,4-7,10,13-15,22-24,31-36,39,42-62H2,1-3H3/b11-8-,12-9-,19-16-,20-17-,21-18-,28-25-,29-26-,30-27-,40-37-,41-38-. The number of hydrogen-bond acceptors (Lipinski definition) is 5. The summed E-state index contributed by atoms with van der Waals surface area (Å²) in [6, 6.07) is 0. The van der Waals surface area contributed by atoms with Gasteiger partial charge in [-0.15, -0.1) is 0 Å². The molecule has 0 saturated heterocycles. The molecule has 0 heterocycles. The van der Waals surface area contributed by atoms with Gasteiger partial charge < -0.3 is 14.2 Å². The minimum Gasteiger partial charge on any atom is -0.462 e. The molecule has 398 valence electrons. The smallest absolute Gasteiger partial charge is 0.306 e. The molecule has 0 amide bonds. The lowest BCUT2D eigenvalue weighted by Gasteiger charge is -2.18. The molecule has 5 nitrogen and oxygen atoms in total. The van der Waals surface area contributed by atoms with Crippen molar-refractivity contribution in [3.05, 3.63) is 122 Å². The first-order valence-electron chi connectivity index (χ1n) is 29.1. The van der Waals surface area contributed by atoms with Crippen molar-refractivity contribution in [2.75, 3.05) is 19.8 Å². The fraction of sp³-hybridized carbons (Fsp3) is 0.662. The average molecular weight is 970 g/mol. The van der Waals surface area contributed by atoms with Crippen LogP contribution in [0.15, 0.2) is 122 Å².